The Morgan fingerprint density at radius 1 is 1.35 bits per heavy atom. The van der Waals surface area contributed by atoms with E-state index in [2.05, 4.69) is 21.9 Å². The number of anilines is 1. The normalized spacial score (nSPS) is 12.4. The van der Waals surface area contributed by atoms with E-state index in [4.69, 9.17) is 0 Å². The van der Waals surface area contributed by atoms with Crippen molar-refractivity contribution in [3.05, 3.63) is 18.3 Å². The second kappa shape index (κ2) is 7.28. The van der Waals surface area contributed by atoms with Gasteiger partial charge >= 0.3 is 0 Å². The van der Waals surface area contributed by atoms with Crippen LogP contribution in [-0.4, -0.2) is 37.5 Å². The van der Waals surface area contributed by atoms with E-state index in [0.717, 1.165) is 13.0 Å². The molecule has 0 saturated heterocycles. The molecule has 5 nitrogen and oxygen atoms in total. The van der Waals surface area contributed by atoms with E-state index in [0.29, 0.717) is 12.4 Å². The standard InChI is InChI=1S/C13H23N3O2S2/c1-5-8-14-12-7-6-11(9-15-12)20(17,18)16-10-13(2,3)19-4/h6-7,9,16H,5,8,10H2,1-4H3,(H,14,15). The minimum absolute atomic E-state index is 0.136. The predicted molar refractivity (Wildman–Crippen MR) is 85.8 cm³/mol. The zero-order valence-corrected chi connectivity index (χ0v) is 14.1. The largest absolute Gasteiger partial charge is 0.370 e. The Labute approximate surface area is 126 Å². The molecule has 0 aliphatic carbocycles. The van der Waals surface area contributed by atoms with Crippen molar-refractivity contribution in [2.24, 2.45) is 0 Å². The summed E-state index contributed by atoms with van der Waals surface area (Å²) in [4.78, 5) is 4.30. The molecule has 1 aromatic heterocycles. The Kier molecular flexibility index (Phi) is 6.29. The van der Waals surface area contributed by atoms with Crippen LogP contribution in [0.5, 0.6) is 0 Å². The van der Waals surface area contributed by atoms with Gasteiger partial charge in [-0.25, -0.2) is 18.1 Å². The molecular formula is C13H23N3O2S2. The third-order valence-corrected chi connectivity index (χ3v) is 5.48. The van der Waals surface area contributed by atoms with Crippen LogP contribution in [0.1, 0.15) is 27.2 Å². The van der Waals surface area contributed by atoms with Crippen molar-refractivity contribution in [2.75, 3.05) is 24.7 Å². The summed E-state index contributed by atoms with van der Waals surface area (Å²) in [7, 11) is -3.49. The zero-order valence-electron chi connectivity index (χ0n) is 12.4. The molecule has 0 aliphatic rings. The number of thioether (sulfide) groups is 1. The van der Waals surface area contributed by atoms with Crippen molar-refractivity contribution < 1.29 is 8.42 Å². The lowest BCUT2D eigenvalue weighted by Gasteiger charge is -2.22. The summed E-state index contributed by atoms with van der Waals surface area (Å²) >= 11 is 1.62. The maximum absolute atomic E-state index is 12.1. The van der Waals surface area contributed by atoms with Crippen LogP contribution in [-0.2, 0) is 10.0 Å². The van der Waals surface area contributed by atoms with Gasteiger partial charge in [0.25, 0.3) is 0 Å². The van der Waals surface area contributed by atoms with Crippen molar-refractivity contribution in [1.82, 2.24) is 9.71 Å². The predicted octanol–water partition coefficient (Wildman–Crippen LogP) is 2.32. The van der Waals surface area contributed by atoms with E-state index in [-0.39, 0.29) is 9.64 Å². The number of hydrogen-bond donors (Lipinski definition) is 2. The van der Waals surface area contributed by atoms with E-state index >= 15 is 0 Å². The molecule has 20 heavy (non-hydrogen) atoms. The maximum atomic E-state index is 12.1. The van der Waals surface area contributed by atoms with Crippen molar-refractivity contribution >= 4 is 27.6 Å². The number of rotatable bonds is 8. The number of nitrogens with one attached hydrogen (secondary N) is 2. The number of hydrogen-bond acceptors (Lipinski definition) is 5. The van der Waals surface area contributed by atoms with E-state index in [1.54, 1.807) is 23.9 Å². The number of aromatic nitrogens is 1. The molecule has 0 spiro atoms. The summed E-state index contributed by atoms with van der Waals surface area (Å²) in [5.41, 5.74) is 0. The van der Waals surface area contributed by atoms with Crippen LogP contribution in [0.3, 0.4) is 0 Å². The van der Waals surface area contributed by atoms with Crippen molar-refractivity contribution in [2.45, 2.75) is 36.8 Å². The second-order valence-corrected chi connectivity index (χ2v) is 8.37. The molecule has 1 aromatic rings. The molecule has 114 valence electrons. The molecule has 0 atom stereocenters. The van der Waals surface area contributed by atoms with Crippen LogP contribution in [0.15, 0.2) is 23.2 Å². The van der Waals surface area contributed by atoms with Gasteiger partial charge < -0.3 is 5.32 Å². The average Bonchev–Trinajstić information content (AvgIpc) is 2.44. The number of sulfonamides is 1. The first kappa shape index (κ1) is 17.3. The molecule has 1 heterocycles. The molecule has 0 bridgehead atoms. The highest BCUT2D eigenvalue weighted by molar-refractivity contribution is 8.00. The van der Waals surface area contributed by atoms with Crippen LogP contribution in [0, 0.1) is 0 Å². The zero-order chi connectivity index (χ0) is 15.2. The quantitative estimate of drug-likeness (QED) is 0.770. The lowest BCUT2D eigenvalue weighted by molar-refractivity contribution is 0.570. The smallest absolute Gasteiger partial charge is 0.242 e. The molecule has 0 fully saturated rings. The highest BCUT2D eigenvalue weighted by Gasteiger charge is 2.21. The first-order valence-corrected chi connectivity index (χ1v) is 9.26. The van der Waals surface area contributed by atoms with Crippen LogP contribution in [0.2, 0.25) is 0 Å². The fourth-order valence-corrected chi connectivity index (χ4v) is 2.79. The Morgan fingerprint density at radius 3 is 2.55 bits per heavy atom. The molecule has 0 radical (unpaired) electrons. The summed E-state index contributed by atoms with van der Waals surface area (Å²) < 4.78 is 26.8. The average molecular weight is 317 g/mol. The molecule has 2 N–H and O–H groups in total. The Morgan fingerprint density at radius 2 is 2.05 bits per heavy atom. The molecular weight excluding hydrogens is 294 g/mol. The molecule has 0 aromatic carbocycles. The number of pyridine rings is 1. The van der Waals surface area contributed by atoms with Crippen molar-refractivity contribution in [3.8, 4) is 0 Å². The molecule has 7 heteroatoms. The fraction of sp³-hybridized carbons (Fsp3) is 0.615. The SMILES string of the molecule is CCCNc1ccc(S(=O)(=O)NCC(C)(C)SC)cn1. The summed E-state index contributed by atoms with van der Waals surface area (Å²) in [6.07, 6.45) is 4.34. The van der Waals surface area contributed by atoms with Gasteiger partial charge in [0.15, 0.2) is 0 Å². The van der Waals surface area contributed by atoms with Gasteiger partial charge in [-0.05, 0) is 38.7 Å². The number of nitrogens with zero attached hydrogens (tertiary/aromatic N) is 1. The second-order valence-electron chi connectivity index (χ2n) is 5.09. The maximum Gasteiger partial charge on any atom is 0.242 e. The molecule has 0 amide bonds. The summed E-state index contributed by atoms with van der Waals surface area (Å²) in [5, 5.41) is 3.11. The lowest BCUT2D eigenvalue weighted by atomic mass is 10.2. The highest BCUT2D eigenvalue weighted by atomic mass is 32.2. The fourth-order valence-electron chi connectivity index (χ4n) is 1.32. The molecule has 0 aliphatic heterocycles. The lowest BCUT2D eigenvalue weighted by Crippen LogP contribution is -2.36. The molecule has 0 saturated carbocycles. The topological polar surface area (TPSA) is 71.1 Å². The van der Waals surface area contributed by atoms with Gasteiger partial charge in [0.2, 0.25) is 10.0 Å². The minimum atomic E-state index is -3.49. The summed E-state index contributed by atoms with van der Waals surface area (Å²) in [6, 6.07) is 3.25. The van der Waals surface area contributed by atoms with E-state index in [1.165, 1.54) is 6.20 Å². The monoisotopic (exact) mass is 317 g/mol. The van der Waals surface area contributed by atoms with Gasteiger partial charge in [0.05, 0.1) is 0 Å². The van der Waals surface area contributed by atoms with Gasteiger partial charge in [-0.3, -0.25) is 0 Å². The summed E-state index contributed by atoms with van der Waals surface area (Å²) in [6.45, 7) is 7.25. The van der Waals surface area contributed by atoms with Crippen molar-refractivity contribution in [1.29, 1.82) is 0 Å². The van der Waals surface area contributed by atoms with Crippen LogP contribution < -0.4 is 10.0 Å². The highest BCUT2D eigenvalue weighted by Crippen LogP contribution is 2.20. The van der Waals surface area contributed by atoms with E-state index in [9.17, 15) is 8.42 Å². The van der Waals surface area contributed by atoms with E-state index in [1.807, 2.05) is 20.1 Å². The van der Waals surface area contributed by atoms with Gasteiger partial charge in [-0.1, -0.05) is 6.92 Å². The van der Waals surface area contributed by atoms with Crippen LogP contribution in [0.4, 0.5) is 5.82 Å². The van der Waals surface area contributed by atoms with Gasteiger partial charge in [-0.15, -0.1) is 0 Å². The first-order valence-electron chi connectivity index (χ1n) is 6.55. The Hall–Kier alpha value is -0.790. The van der Waals surface area contributed by atoms with Crippen molar-refractivity contribution in [3.63, 3.8) is 0 Å². The van der Waals surface area contributed by atoms with Gasteiger partial charge in [-0.2, -0.15) is 11.8 Å². The summed E-state index contributed by atoms with van der Waals surface area (Å²) in [5.74, 6) is 0.690. The molecule has 1 rings (SSSR count). The van der Waals surface area contributed by atoms with Gasteiger partial charge in [0, 0.05) is 24.0 Å². The Balaban J connectivity index is 2.73. The Bertz CT molecular complexity index is 513. The third-order valence-electron chi connectivity index (χ3n) is 2.84. The van der Waals surface area contributed by atoms with Gasteiger partial charge in [0.1, 0.15) is 10.7 Å². The van der Waals surface area contributed by atoms with Crippen LogP contribution in [0.25, 0.3) is 0 Å². The first-order chi connectivity index (χ1) is 9.30. The third kappa shape index (κ3) is 5.30. The van der Waals surface area contributed by atoms with E-state index < -0.39 is 10.0 Å². The van der Waals surface area contributed by atoms with Crippen LogP contribution >= 0.6 is 11.8 Å². The molecule has 0 unspecified atom stereocenters. The minimum Gasteiger partial charge on any atom is -0.370 e.